The normalized spacial score (nSPS) is 10.5. The van der Waals surface area contributed by atoms with E-state index in [0.717, 1.165) is 17.9 Å². The first-order valence-electron chi connectivity index (χ1n) is 4.89. The van der Waals surface area contributed by atoms with Crippen LogP contribution in [0.15, 0.2) is 0 Å². The average Bonchev–Trinajstić information content (AvgIpc) is 2.42. The van der Waals surface area contributed by atoms with Crippen LogP contribution in [-0.4, -0.2) is 23.8 Å². The van der Waals surface area contributed by atoms with Gasteiger partial charge in [0.25, 0.3) is 0 Å². The highest BCUT2D eigenvalue weighted by Gasteiger charge is 2.09. The fourth-order valence-corrected chi connectivity index (χ4v) is 1.61. The molecule has 0 bridgehead atoms. The van der Waals surface area contributed by atoms with E-state index in [0.29, 0.717) is 0 Å². The van der Waals surface area contributed by atoms with Crippen LogP contribution in [0.1, 0.15) is 31.2 Å². The maximum absolute atomic E-state index is 4.18. The van der Waals surface area contributed by atoms with Crippen molar-refractivity contribution < 1.29 is 0 Å². The Morgan fingerprint density at radius 2 is 2.08 bits per heavy atom. The second-order valence-corrected chi connectivity index (χ2v) is 3.56. The summed E-state index contributed by atoms with van der Waals surface area (Å²) in [7, 11) is 2.13. The van der Waals surface area contributed by atoms with E-state index < -0.39 is 0 Å². The lowest BCUT2D eigenvalue weighted by Crippen LogP contribution is -2.19. The van der Waals surface area contributed by atoms with E-state index >= 15 is 0 Å². The minimum Gasteiger partial charge on any atom is -0.372 e. The molecule has 1 heterocycles. The second kappa shape index (κ2) is 4.30. The second-order valence-electron chi connectivity index (χ2n) is 3.56. The predicted molar refractivity (Wildman–Crippen MR) is 56.2 cm³/mol. The first kappa shape index (κ1) is 10.1. The van der Waals surface area contributed by atoms with Crippen LogP contribution in [0.25, 0.3) is 0 Å². The number of nitrogens with one attached hydrogen (secondary N) is 1. The Morgan fingerprint density at radius 1 is 1.38 bits per heavy atom. The molecule has 1 rings (SSSR count). The number of aryl methyl sites for hydroxylation is 2. The lowest BCUT2D eigenvalue weighted by Gasteiger charge is -2.18. The Labute approximate surface area is 80.1 Å². The van der Waals surface area contributed by atoms with E-state index in [1.54, 1.807) is 0 Å². The van der Waals surface area contributed by atoms with Crippen LogP contribution in [0.4, 0.5) is 5.69 Å². The molecule has 1 aromatic heterocycles. The highest BCUT2D eigenvalue weighted by molar-refractivity contribution is 5.53. The summed E-state index contributed by atoms with van der Waals surface area (Å²) in [5.74, 6) is 0. The van der Waals surface area contributed by atoms with Gasteiger partial charge in [0.05, 0.1) is 17.1 Å². The van der Waals surface area contributed by atoms with Crippen LogP contribution in [0, 0.1) is 13.8 Å². The van der Waals surface area contributed by atoms with Crippen molar-refractivity contribution in [2.24, 2.45) is 0 Å². The molecular weight excluding hydrogens is 162 g/mol. The van der Waals surface area contributed by atoms with E-state index in [2.05, 4.69) is 36.0 Å². The number of H-pyrrole nitrogens is 1. The maximum atomic E-state index is 4.18. The third-order valence-corrected chi connectivity index (χ3v) is 2.32. The van der Waals surface area contributed by atoms with Crippen LogP contribution in [0.3, 0.4) is 0 Å². The maximum Gasteiger partial charge on any atom is 0.0827 e. The van der Waals surface area contributed by atoms with Crippen molar-refractivity contribution in [1.29, 1.82) is 0 Å². The predicted octanol–water partition coefficient (Wildman–Crippen LogP) is 2.26. The molecule has 1 N–H and O–H groups in total. The number of unbranched alkanes of at least 4 members (excludes halogenated alkanes) is 1. The van der Waals surface area contributed by atoms with Crippen LogP contribution in [0.2, 0.25) is 0 Å². The molecule has 0 aromatic carbocycles. The molecule has 1 aromatic rings. The van der Waals surface area contributed by atoms with Gasteiger partial charge >= 0.3 is 0 Å². The smallest absolute Gasteiger partial charge is 0.0827 e. The van der Waals surface area contributed by atoms with Crippen LogP contribution < -0.4 is 4.90 Å². The zero-order chi connectivity index (χ0) is 9.84. The molecule has 0 fully saturated rings. The van der Waals surface area contributed by atoms with Gasteiger partial charge in [0, 0.05) is 13.6 Å². The van der Waals surface area contributed by atoms with E-state index in [1.165, 1.54) is 18.5 Å². The number of hydrogen-bond acceptors (Lipinski definition) is 2. The summed E-state index contributed by atoms with van der Waals surface area (Å²) in [6, 6.07) is 0. The van der Waals surface area contributed by atoms with Gasteiger partial charge < -0.3 is 4.90 Å². The number of nitrogens with zero attached hydrogens (tertiary/aromatic N) is 2. The summed E-state index contributed by atoms with van der Waals surface area (Å²) in [6.07, 6.45) is 2.47. The third-order valence-electron chi connectivity index (χ3n) is 2.32. The molecule has 74 valence electrons. The van der Waals surface area contributed by atoms with E-state index in [4.69, 9.17) is 0 Å². The van der Waals surface area contributed by atoms with Crippen molar-refractivity contribution in [2.45, 2.75) is 33.6 Å². The largest absolute Gasteiger partial charge is 0.372 e. The molecule has 0 aliphatic rings. The summed E-state index contributed by atoms with van der Waals surface area (Å²) < 4.78 is 0. The summed E-state index contributed by atoms with van der Waals surface area (Å²) >= 11 is 0. The monoisotopic (exact) mass is 181 g/mol. The fraction of sp³-hybridized carbons (Fsp3) is 0.700. The molecule has 0 spiro atoms. The summed E-state index contributed by atoms with van der Waals surface area (Å²) in [6.45, 7) is 7.43. The van der Waals surface area contributed by atoms with Crippen molar-refractivity contribution >= 4 is 5.69 Å². The molecule has 0 amide bonds. The van der Waals surface area contributed by atoms with Crippen LogP contribution >= 0.6 is 0 Å². The molecule has 0 unspecified atom stereocenters. The quantitative estimate of drug-likeness (QED) is 0.772. The molecule has 0 aliphatic carbocycles. The van der Waals surface area contributed by atoms with Crippen molar-refractivity contribution in [3.63, 3.8) is 0 Å². The average molecular weight is 181 g/mol. The van der Waals surface area contributed by atoms with Gasteiger partial charge in [0.15, 0.2) is 0 Å². The topological polar surface area (TPSA) is 31.9 Å². The molecule has 0 aliphatic heterocycles. The van der Waals surface area contributed by atoms with Crippen LogP contribution in [-0.2, 0) is 0 Å². The Hall–Kier alpha value is -0.990. The summed E-state index contributed by atoms with van der Waals surface area (Å²) in [5, 5.41) is 7.18. The van der Waals surface area contributed by atoms with E-state index in [-0.39, 0.29) is 0 Å². The Bertz CT molecular complexity index is 246. The number of anilines is 1. The Morgan fingerprint density at radius 3 is 2.54 bits per heavy atom. The van der Waals surface area contributed by atoms with Gasteiger partial charge in [0.2, 0.25) is 0 Å². The Kier molecular flexibility index (Phi) is 3.34. The first-order valence-corrected chi connectivity index (χ1v) is 4.89. The first-order chi connectivity index (χ1) is 6.16. The van der Waals surface area contributed by atoms with Crippen molar-refractivity contribution in [3.8, 4) is 0 Å². The van der Waals surface area contributed by atoms with Crippen LogP contribution in [0.5, 0.6) is 0 Å². The highest BCUT2D eigenvalue weighted by atomic mass is 15.2. The SMILES string of the molecule is CCCCN(C)c1c(C)n[nH]c1C. The zero-order valence-electron chi connectivity index (χ0n) is 9.02. The molecule has 3 nitrogen and oxygen atoms in total. The minimum atomic E-state index is 1.09. The summed E-state index contributed by atoms with van der Waals surface area (Å²) in [4.78, 5) is 2.28. The fourth-order valence-electron chi connectivity index (χ4n) is 1.61. The number of hydrogen-bond donors (Lipinski definition) is 1. The molecule has 0 saturated heterocycles. The molecule has 3 heteroatoms. The molecule has 0 radical (unpaired) electrons. The molecule has 13 heavy (non-hydrogen) atoms. The number of aromatic nitrogens is 2. The van der Waals surface area contributed by atoms with E-state index in [9.17, 15) is 0 Å². The molecule has 0 saturated carbocycles. The third kappa shape index (κ3) is 2.23. The molecule has 0 atom stereocenters. The van der Waals surface area contributed by atoms with Gasteiger partial charge in [-0.25, -0.2) is 0 Å². The summed E-state index contributed by atoms with van der Waals surface area (Å²) in [5.41, 5.74) is 3.51. The Balaban J connectivity index is 2.69. The van der Waals surface area contributed by atoms with Gasteiger partial charge in [0.1, 0.15) is 0 Å². The van der Waals surface area contributed by atoms with Gasteiger partial charge in [-0.05, 0) is 20.3 Å². The number of rotatable bonds is 4. The lowest BCUT2D eigenvalue weighted by molar-refractivity contribution is 0.764. The van der Waals surface area contributed by atoms with Crippen molar-refractivity contribution in [2.75, 3.05) is 18.5 Å². The lowest BCUT2D eigenvalue weighted by atomic mass is 10.2. The van der Waals surface area contributed by atoms with Gasteiger partial charge in [-0.15, -0.1) is 0 Å². The minimum absolute atomic E-state index is 1.09. The van der Waals surface area contributed by atoms with Gasteiger partial charge in [-0.2, -0.15) is 5.10 Å². The number of aromatic amines is 1. The van der Waals surface area contributed by atoms with Gasteiger partial charge in [-0.1, -0.05) is 13.3 Å². The highest BCUT2D eigenvalue weighted by Crippen LogP contribution is 2.20. The van der Waals surface area contributed by atoms with E-state index in [1.807, 2.05) is 6.92 Å². The molecular formula is C10H19N3. The van der Waals surface area contributed by atoms with Gasteiger partial charge in [-0.3, -0.25) is 5.10 Å². The zero-order valence-corrected chi connectivity index (χ0v) is 9.02. The van der Waals surface area contributed by atoms with Crippen molar-refractivity contribution in [3.05, 3.63) is 11.4 Å². The standard InChI is InChI=1S/C10H19N3/c1-5-6-7-13(4)10-8(2)11-12-9(10)3/h5-7H2,1-4H3,(H,11,12). The van der Waals surface area contributed by atoms with Crippen molar-refractivity contribution in [1.82, 2.24) is 10.2 Å².